The molecule has 1 aromatic heterocycles. The van der Waals surface area contributed by atoms with E-state index in [2.05, 4.69) is 20.5 Å². The smallest absolute Gasteiger partial charge is 0.210 e. The summed E-state index contributed by atoms with van der Waals surface area (Å²) in [4.78, 5) is 3.74. The molecule has 54 valence electrons. The van der Waals surface area contributed by atoms with Gasteiger partial charge in [0.25, 0.3) is 0 Å². The maximum atomic E-state index is 3.82. The third-order valence-electron chi connectivity index (χ3n) is 0.843. The second-order valence-electron chi connectivity index (χ2n) is 1.66. The van der Waals surface area contributed by atoms with Crippen LogP contribution in [-0.2, 0) is 0 Å². The molecule has 1 aromatic rings. The molecule has 0 bridgehead atoms. The van der Waals surface area contributed by atoms with Gasteiger partial charge in [-0.1, -0.05) is 11.3 Å². The Hall–Kier alpha value is -0.970. The Morgan fingerprint density at radius 3 is 2.90 bits per heavy atom. The number of aromatic nitrogens is 2. The summed E-state index contributed by atoms with van der Waals surface area (Å²) >= 11 is 1.50. The quantitative estimate of drug-likeness (QED) is 0.511. The van der Waals surface area contributed by atoms with Crippen molar-refractivity contribution in [3.05, 3.63) is 5.01 Å². The lowest BCUT2D eigenvalue weighted by Crippen LogP contribution is -1.92. The molecule has 4 nitrogen and oxygen atoms in total. The predicted octanol–water partition coefficient (Wildman–Crippen LogP) is 0.917. The van der Waals surface area contributed by atoms with E-state index in [1.54, 1.807) is 13.4 Å². The summed E-state index contributed by atoms with van der Waals surface area (Å²) in [5.41, 5.74) is 0. The van der Waals surface area contributed by atoms with Gasteiger partial charge in [-0.05, 0) is 6.92 Å². The minimum absolute atomic E-state index is 0.781. The van der Waals surface area contributed by atoms with Gasteiger partial charge in [0.2, 0.25) is 5.13 Å². The van der Waals surface area contributed by atoms with Crippen LogP contribution in [0.4, 0.5) is 5.13 Å². The van der Waals surface area contributed by atoms with Crippen molar-refractivity contribution in [2.24, 2.45) is 4.99 Å². The highest BCUT2D eigenvalue weighted by atomic mass is 32.1. The predicted molar refractivity (Wildman–Crippen MR) is 42.7 cm³/mol. The highest BCUT2D eigenvalue weighted by Gasteiger charge is 1.94. The van der Waals surface area contributed by atoms with Crippen LogP contribution in [0.25, 0.3) is 0 Å². The summed E-state index contributed by atoms with van der Waals surface area (Å²) < 4.78 is 0. The molecule has 0 fully saturated rings. The van der Waals surface area contributed by atoms with Crippen molar-refractivity contribution in [1.29, 1.82) is 0 Å². The number of hydrogen-bond donors (Lipinski definition) is 1. The van der Waals surface area contributed by atoms with Crippen molar-refractivity contribution in [2.45, 2.75) is 6.92 Å². The molecule has 0 saturated heterocycles. The van der Waals surface area contributed by atoms with E-state index >= 15 is 0 Å². The van der Waals surface area contributed by atoms with E-state index < -0.39 is 0 Å². The standard InChI is InChI=1S/C5H8N4S/c1-4-8-9-5(10-4)7-3-6-2/h3H,1-2H3,(H,6,7,9). The van der Waals surface area contributed by atoms with Gasteiger partial charge < -0.3 is 5.32 Å². The fourth-order valence-corrected chi connectivity index (χ4v) is 1.03. The van der Waals surface area contributed by atoms with E-state index in [0.717, 1.165) is 10.1 Å². The zero-order valence-corrected chi connectivity index (χ0v) is 6.64. The summed E-state index contributed by atoms with van der Waals surface area (Å²) in [6.07, 6.45) is 1.58. The summed E-state index contributed by atoms with van der Waals surface area (Å²) in [6.45, 7) is 1.91. The first-order valence-corrected chi connectivity index (χ1v) is 3.62. The lowest BCUT2D eigenvalue weighted by molar-refractivity contribution is 1.05. The number of nitrogens with one attached hydrogen (secondary N) is 1. The maximum absolute atomic E-state index is 3.82. The van der Waals surface area contributed by atoms with Crippen LogP contribution in [0, 0.1) is 6.92 Å². The molecule has 0 aromatic carbocycles. The molecule has 5 heteroatoms. The van der Waals surface area contributed by atoms with Crippen LogP contribution in [-0.4, -0.2) is 23.6 Å². The number of hydrogen-bond acceptors (Lipinski definition) is 4. The number of aliphatic imine (C=N–C) groups is 1. The van der Waals surface area contributed by atoms with Gasteiger partial charge in [-0.3, -0.25) is 4.99 Å². The van der Waals surface area contributed by atoms with E-state index in [1.807, 2.05) is 6.92 Å². The van der Waals surface area contributed by atoms with Gasteiger partial charge in [0.1, 0.15) is 5.01 Å². The fourth-order valence-electron chi connectivity index (χ4n) is 0.475. The largest absolute Gasteiger partial charge is 0.321 e. The highest BCUT2D eigenvalue weighted by Crippen LogP contribution is 2.11. The number of anilines is 1. The molecule has 0 radical (unpaired) electrons. The fraction of sp³-hybridized carbons (Fsp3) is 0.400. The summed E-state index contributed by atoms with van der Waals surface area (Å²) in [6, 6.07) is 0. The molecule has 1 N–H and O–H groups in total. The van der Waals surface area contributed by atoms with Crippen molar-refractivity contribution < 1.29 is 0 Å². The second kappa shape index (κ2) is 3.26. The molecule has 0 saturated carbocycles. The zero-order chi connectivity index (χ0) is 7.40. The van der Waals surface area contributed by atoms with Gasteiger partial charge in [-0.2, -0.15) is 0 Å². The Morgan fingerprint density at radius 2 is 2.40 bits per heavy atom. The lowest BCUT2D eigenvalue weighted by Gasteiger charge is -1.86. The third kappa shape index (κ3) is 1.77. The second-order valence-corrected chi connectivity index (χ2v) is 2.84. The first kappa shape index (κ1) is 7.14. The Kier molecular flexibility index (Phi) is 2.33. The van der Waals surface area contributed by atoms with Crippen LogP contribution in [0.1, 0.15) is 5.01 Å². The van der Waals surface area contributed by atoms with E-state index in [-0.39, 0.29) is 0 Å². The van der Waals surface area contributed by atoms with E-state index in [1.165, 1.54) is 11.3 Å². The molecule has 0 unspecified atom stereocenters. The Morgan fingerprint density at radius 1 is 1.60 bits per heavy atom. The van der Waals surface area contributed by atoms with E-state index in [0.29, 0.717) is 0 Å². The zero-order valence-electron chi connectivity index (χ0n) is 5.83. The summed E-state index contributed by atoms with van der Waals surface area (Å²) in [7, 11) is 1.70. The van der Waals surface area contributed by atoms with Crippen LogP contribution in [0.15, 0.2) is 4.99 Å². The normalized spacial score (nSPS) is 10.6. The molecule has 10 heavy (non-hydrogen) atoms. The molecule has 0 aliphatic heterocycles. The molecule has 1 heterocycles. The summed E-state index contributed by atoms with van der Waals surface area (Å²) in [5, 5.41) is 12.2. The van der Waals surface area contributed by atoms with Gasteiger partial charge in [-0.15, -0.1) is 10.2 Å². The maximum Gasteiger partial charge on any atom is 0.210 e. The minimum atomic E-state index is 0.781. The average molecular weight is 156 g/mol. The average Bonchev–Trinajstić information content (AvgIpc) is 2.31. The van der Waals surface area contributed by atoms with Gasteiger partial charge in [0, 0.05) is 7.05 Å². The van der Waals surface area contributed by atoms with E-state index in [9.17, 15) is 0 Å². The molecule has 1 rings (SSSR count). The van der Waals surface area contributed by atoms with Crippen molar-refractivity contribution in [2.75, 3.05) is 12.4 Å². The van der Waals surface area contributed by atoms with Crippen molar-refractivity contribution >= 4 is 22.8 Å². The minimum Gasteiger partial charge on any atom is -0.321 e. The van der Waals surface area contributed by atoms with Crippen LogP contribution in [0.3, 0.4) is 0 Å². The van der Waals surface area contributed by atoms with Gasteiger partial charge >= 0.3 is 0 Å². The van der Waals surface area contributed by atoms with Crippen LogP contribution in [0.5, 0.6) is 0 Å². The van der Waals surface area contributed by atoms with Crippen LogP contribution >= 0.6 is 11.3 Å². The van der Waals surface area contributed by atoms with Gasteiger partial charge in [-0.25, -0.2) is 0 Å². The first-order valence-electron chi connectivity index (χ1n) is 2.80. The van der Waals surface area contributed by atoms with E-state index in [4.69, 9.17) is 0 Å². The monoisotopic (exact) mass is 156 g/mol. The Labute approximate surface area is 63.0 Å². The molecule has 0 aliphatic rings. The Balaban J connectivity index is 2.58. The molecular weight excluding hydrogens is 148 g/mol. The topological polar surface area (TPSA) is 50.2 Å². The van der Waals surface area contributed by atoms with Crippen molar-refractivity contribution in [3.63, 3.8) is 0 Å². The first-order chi connectivity index (χ1) is 4.83. The van der Waals surface area contributed by atoms with Crippen LogP contribution in [0.2, 0.25) is 0 Å². The molecule has 0 aliphatic carbocycles. The molecule has 0 atom stereocenters. The number of rotatable bonds is 2. The third-order valence-corrected chi connectivity index (χ3v) is 1.61. The van der Waals surface area contributed by atoms with Gasteiger partial charge in [0.15, 0.2) is 0 Å². The lowest BCUT2D eigenvalue weighted by atomic mass is 10.9. The van der Waals surface area contributed by atoms with Gasteiger partial charge in [0.05, 0.1) is 6.34 Å². The van der Waals surface area contributed by atoms with Crippen LogP contribution < -0.4 is 5.32 Å². The molecule has 0 spiro atoms. The van der Waals surface area contributed by atoms with Crippen molar-refractivity contribution in [1.82, 2.24) is 10.2 Å². The Bertz CT molecular complexity index is 229. The SMILES string of the molecule is CN=CNc1nnc(C)s1. The highest BCUT2D eigenvalue weighted by molar-refractivity contribution is 7.15. The number of aryl methyl sites for hydroxylation is 1. The summed E-state index contributed by atoms with van der Waals surface area (Å²) in [5.74, 6) is 0. The van der Waals surface area contributed by atoms with Crippen molar-refractivity contribution in [3.8, 4) is 0 Å². The molecular formula is C5H8N4S. The molecule has 0 amide bonds. The number of nitrogens with zero attached hydrogens (tertiary/aromatic N) is 3.